The Balaban J connectivity index is 0.000000178. The van der Waals surface area contributed by atoms with Crippen LogP contribution < -0.4 is 0 Å². The lowest BCUT2D eigenvalue weighted by Gasteiger charge is -2.49. The van der Waals surface area contributed by atoms with Crippen LogP contribution in [-0.4, -0.2) is 0 Å². The molecule has 15 aliphatic carbocycles. The zero-order chi connectivity index (χ0) is 64.5. The van der Waals surface area contributed by atoms with E-state index in [1.165, 1.54) is 148 Å². The van der Waals surface area contributed by atoms with Crippen molar-refractivity contribution in [3.8, 4) is 0 Å². The number of hydrogen-bond acceptors (Lipinski definition) is 0. The molecule has 0 aromatic carbocycles. The Morgan fingerprint density at radius 2 is 0.788 bits per heavy atom. The van der Waals surface area contributed by atoms with Crippen LogP contribution in [-0.2, 0) is 0 Å². The fourth-order valence-electron chi connectivity index (χ4n) is 24.0. The molecule has 0 radical (unpaired) electrons. The highest BCUT2D eigenvalue weighted by Gasteiger charge is 2.53. The highest BCUT2D eigenvalue weighted by atomic mass is 14.6. The predicted molar refractivity (Wildman–Crippen MR) is 382 cm³/mol. The molecule has 0 aliphatic heterocycles. The van der Waals surface area contributed by atoms with Gasteiger partial charge in [-0.1, -0.05) is 240 Å². The van der Waals surface area contributed by atoms with E-state index < -0.39 is 0 Å². The monoisotopic (exact) mass is 1180 g/mol. The van der Waals surface area contributed by atoms with Crippen molar-refractivity contribution in [2.75, 3.05) is 0 Å². The van der Waals surface area contributed by atoms with Gasteiger partial charge in [0.2, 0.25) is 0 Å². The molecule has 0 saturated heterocycles. The molecule has 15 aliphatic rings. The van der Waals surface area contributed by atoms with Gasteiger partial charge in [0.15, 0.2) is 0 Å². The van der Waals surface area contributed by atoms with Crippen molar-refractivity contribution in [3.05, 3.63) is 0 Å². The van der Waals surface area contributed by atoms with Crippen molar-refractivity contribution < 1.29 is 0 Å². The van der Waals surface area contributed by atoms with Gasteiger partial charge >= 0.3 is 0 Å². The molecule has 15 saturated carbocycles. The van der Waals surface area contributed by atoms with Gasteiger partial charge < -0.3 is 0 Å². The van der Waals surface area contributed by atoms with Crippen LogP contribution in [0.1, 0.15) is 387 Å². The first kappa shape index (κ1) is 75.7. The molecule has 15 rings (SSSR count). The maximum Gasteiger partial charge on any atom is -0.0288 e. The van der Waals surface area contributed by atoms with Gasteiger partial charge in [-0.25, -0.2) is 0 Å². The van der Waals surface area contributed by atoms with Crippen molar-refractivity contribution >= 4 is 0 Å². The highest BCUT2D eigenvalue weighted by molar-refractivity contribution is 5.03. The van der Waals surface area contributed by atoms with Gasteiger partial charge in [0.25, 0.3) is 0 Å². The van der Waals surface area contributed by atoms with Gasteiger partial charge in [0.05, 0.1) is 0 Å². The van der Waals surface area contributed by atoms with Crippen molar-refractivity contribution in [3.63, 3.8) is 0 Å². The normalized spacial score (nSPS) is 39.6. The maximum absolute atomic E-state index is 2.49. The molecule has 85 heavy (non-hydrogen) atoms. The minimum absolute atomic E-state index is 0.526. The molecule has 502 valence electrons. The van der Waals surface area contributed by atoms with E-state index in [9.17, 15) is 0 Å². The van der Waals surface area contributed by atoms with Crippen LogP contribution >= 0.6 is 0 Å². The molecule has 0 heteroatoms. The van der Waals surface area contributed by atoms with E-state index in [0.29, 0.717) is 54.1 Å². The van der Waals surface area contributed by atoms with Gasteiger partial charge in [-0.15, -0.1) is 0 Å². The number of rotatable bonds is 4. The number of fused-ring (bicyclic) bond motifs is 11. The second-order valence-corrected chi connectivity index (χ2v) is 41.4. The summed E-state index contributed by atoms with van der Waals surface area (Å²) in [4.78, 5) is 0. The zero-order valence-electron chi connectivity index (χ0n) is 64.5. The first-order valence-electron chi connectivity index (χ1n) is 38.8. The van der Waals surface area contributed by atoms with Crippen LogP contribution in [0.25, 0.3) is 0 Å². The van der Waals surface area contributed by atoms with Crippen LogP contribution in [0.4, 0.5) is 0 Å². The Morgan fingerprint density at radius 3 is 1.00 bits per heavy atom. The predicted octanol–water partition coefficient (Wildman–Crippen LogP) is 28.3. The van der Waals surface area contributed by atoms with E-state index in [4.69, 9.17) is 0 Å². The third-order valence-corrected chi connectivity index (χ3v) is 32.0. The molecule has 0 amide bonds. The highest BCUT2D eigenvalue weighted by Crippen LogP contribution is 2.63. The van der Waals surface area contributed by atoms with E-state index >= 15 is 0 Å². The molecule has 0 nitrogen and oxygen atoms in total. The third kappa shape index (κ3) is 18.2. The molecule has 0 aromatic heterocycles. The quantitative estimate of drug-likeness (QED) is 0.263. The zero-order valence-corrected chi connectivity index (χ0v) is 64.5. The summed E-state index contributed by atoms with van der Waals surface area (Å²) < 4.78 is 0. The minimum atomic E-state index is 0.526. The molecular formula is C85H162. The molecule has 15 fully saturated rings. The first-order chi connectivity index (χ1) is 38.8. The lowest BCUT2D eigenvalue weighted by atomic mass is 9.57. The van der Waals surface area contributed by atoms with Gasteiger partial charge in [-0.2, -0.15) is 0 Å². The van der Waals surface area contributed by atoms with Crippen LogP contribution in [0.2, 0.25) is 0 Å². The molecular weight excluding hydrogens is 1020 g/mol. The second-order valence-electron chi connectivity index (χ2n) is 41.4. The van der Waals surface area contributed by atoms with Crippen LogP contribution in [0.3, 0.4) is 0 Å². The molecule has 0 aromatic rings. The second kappa shape index (κ2) is 28.7. The Bertz CT molecular complexity index is 1880. The topological polar surface area (TPSA) is 0 Å². The first-order valence-corrected chi connectivity index (χ1v) is 38.8. The Morgan fingerprint density at radius 1 is 0.388 bits per heavy atom. The summed E-state index contributed by atoms with van der Waals surface area (Å²) in [6.07, 6.45) is 41.4. The van der Waals surface area contributed by atoms with Crippen molar-refractivity contribution in [1.29, 1.82) is 0 Å². The molecule has 8 bridgehead atoms. The van der Waals surface area contributed by atoms with Gasteiger partial charge in [-0.05, 0) is 302 Å². The van der Waals surface area contributed by atoms with Gasteiger partial charge in [-0.3, -0.25) is 0 Å². The van der Waals surface area contributed by atoms with Gasteiger partial charge in [0.1, 0.15) is 0 Å². The Hall–Kier alpha value is 0. The summed E-state index contributed by atoms with van der Waals surface area (Å²) in [5, 5.41) is 0. The standard InChI is InChI=1S/2C12H24.2C11H22.3C10H18.C9H16/c1-9(2)10-11(3,4)7-8-12(10,5)6;1-7-12(6)8-10(2,3)11(4,5)9-12;1-6-9-7-10(2,3)11(4,5)8-9;1-6-9-10(2,3)7-8-11(9,4)5;1-7-8-4-5-9(6-8)10(7,2)3;1-8-7-9-3-5-10(8,2)6-4-9;1-7-8(2)10-5-3-9(7)4-6-10;1-7-6-8-2-4-9(7)5-3-8/h9-10H,7-8H2,1-6H3;7-9H2,1-6H3;2*9H,6-8H2,1-5H3;7-9H,4-6H2,1-3H3;8-9H,3-7H2,1-2H3;7-10H,3-6H2,1-2H3;7-9H,2-6H2,1H3/t;;;;7-,8?,9?;8-,9?,10?;7-,8?,9?,10?;7-,8?,9?/m....1000/s1. The summed E-state index contributed by atoms with van der Waals surface area (Å²) >= 11 is 0. The van der Waals surface area contributed by atoms with Crippen LogP contribution in [0, 0.1) is 154 Å². The average Bonchev–Trinajstić information content (AvgIpc) is 2.68. The summed E-state index contributed by atoms with van der Waals surface area (Å²) in [6, 6.07) is 0. The van der Waals surface area contributed by atoms with Crippen molar-refractivity contribution in [2.45, 2.75) is 387 Å². The molecule has 0 heterocycles. The fraction of sp³-hybridized carbons (Fsp3) is 1.00. The van der Waals surface area contributed by atoms with E-state index in [2.05, 4.69) is 208 Å². The summed E-state index contributed by atoms with van der Waals surface area (Å²) in [5.74, 6) is 16.5. The molecule has 3 unspecified atom stereocenters. The number of hydrogen-bond donors (Lipinski definition) is 0. The van der Waals surface area contributed by atoms with Crippen LogP contribution in [0.15, 0.2) is 0 Å². The van der Waals surface area contributed by atoms with Crippen molar-refractivity contribution in [1.82, 2.24) is 0 Å². The molecule has 7 atom stereocenters. The summed E-state index contributed by atoms with van der Waals surface area (Å²) in [5.41, 5.74) is 6.52. The van der Waals surface area contributed by atoms with E-state index in [1.54, 1.807) is 32.1 Å². The molecule has 0 N–H and O–H groups in total. The lowest BCUT2D eigenvalue weighted by Crippen LogP contribution is -2.38. The van der Waals surface area contributed by atoms with E-state index in [1.807, 2.05) is 0 Å². The van der Waals surface area contributed by atoms with Crippen molar-refractivity contribution in [2.24, 2.45) is 154 Å². The van der Waals surface area contributed by atoms with E-state index in [0.717, 1.165) is 100 Å². The van der Waals surface area contributed by atoms with Gasteiger partial charge in [0, 0.05) is 0 Å². The average molecular weight is 1180 g/mol. The minimum Gasteiger partial charge on any atom is -0.0651 e. The summed E-state index contributed by atoms with van der Waals surface area (Å²) in [6.45, 7) is 72.7. The lowest BCUT2D eigenvalue weighted by molar-refractivity contribution is 0.0209. The van der Waals surface area contributed by atoms with Crippen LogP contribution in [0.5, 0.6) is 0 Å². The van der Waals surface area contributed by atoms with E-state index in [-0.39, 0.29) is 0 Å². The fourth-order valence-corrected chi connectivity index (χ4v) is 24.0. The SMILES string of the molecule is CC(C)C1C(C)(C)CCC1(C)C.CC1C2CCC(CC2)[C@H]1C.CCC1(C)CC(C)(C)C(C)(C)C1.CCC1C(C)(C)CCC1(C)C.CCC1CC(C)(C)C(C)(C)C1.C[C@@H]1C2CCC(C2)C1(C)C.C[C@H]1CC2CCC1(C)CC2.C[C@H]1CC2CCC1CC2. The maximum atomic E-state index is 2.49. The Kier molecular flexibility index (Phi) is 25.6. The largest absolute Gasteiger partial charge is 0.0651 e. The smallest absolute Gasteiger partial charge is 0.0288 e. The third-order valence-electron chi connectivity index (χ3n) is 32.0. The molecule has 0 spiro atoms. The Labute approximate surface area is 538 Å². The summed E-state index contributed by atoms with van der Waals surface area (Å²) in [7, 11) is 0.